The van der Waals surface area contributed by atoms with Crippen molar-refractivity contribution in [3.05, 3.63) is 45.1 Å². The third kappa shape index (κ3) is 2.59. The van der Waals surface area contributed by atoms with Crippen LogP contribution in [0.15, 0.2) is 39.4 Å². The van der Waals surface area contributed by atoms with Gasteiger partial charge in [-0.3, -0.25) is 4.79 Å². The molecule has 3 N–H and O–H groups in total. The number of hydrogen-bond acceptors (Lipinski definition) is 2. The maximum absolute atomic E-state index is 12.1. The van der Waals surface area contributed by atoms with Crippen molar-refractivity contribution in [3.63, 3.8) is 0 Å². The van der Waals surface area contributed by atoms with E-state index >= 15 is 0 Å². The molecule has 0 aliphatic heterocycles. The molecular weight excluding hydrogens is 362 g/mol. The predicted octanol–water partition coefficient (Wildman–Crippen LogP) is 3.38. The number of halogens is 2. The van der Waals surface area contributed by atoms with Gasteiger partial charge in [0.2, 0.25) is 0 Å². The summed E-state index contributed by atoms with van der Waals surface area (Å²) in [5.41, 5.74) is 7.42. The summed E-state index contributed by atoms with van der Waals surface area (Å²) in [5, 5.41) is 2.84. The highest BCUT2D eigenvalue weighted by Crippen LogP contribution is 2.31. The summed E-state index contributed by atoms with van der Waals surface area (Å²) in [6.45, 7) is 0. The molecule has 0 fully saturated rings. The van der Waals surface area contributed by atoms with Gasteiger partial charge < -0.3 is 15.6 Å². The van der Waals surface area contributed by atoms with Gasteiger partial charge in [-0.2, -0.15) is 0 Å². The number of aryl methyl sites for hydroxylation is 1. The molecule has 1 heterocycles. The van der Waals surface area contributed by atoms with Crippen LogP contribution in [0.1, 0.15) is 10.5 Å². The highest BCUT2D eigenvalue weighted by atomic mass is 79.9. The van der Waals surface area contributed by atoms with E-state index in [4.69, 9.17) is 5.73 Å². The second kappa shape index (κ2) is 5.16. The number of amides is 1. The lowest BCUT2D eigenvalue weighted by Crippen LogP contribution is -2.15. The molecule has 1 amide bonds. The van der Waals surface area contributed by atoms with Crippen molar-refractivity contribution >= 4 is 49.1 Å². The molecule has 0 saturated carbocycles. The summed E-state index contributed by atoms with van der Waals surface area (Å²) in [6, 6.07) is 7.24. The monoisotopic (exact) mass is 371 g/mol. The Balaban J connectivity index is 2.30. The minimum atomic E-state index is -0.207. The van der Waals surface area contributed by atoms with Crippen molar-refractivity contribution in [2.24, 2.45) is 7.05 Å². The molecule has 1 aromatic carbocycles. The molecule has 0 aliphatic rings. The van der Waals surface area contributed by atoms with Gasteiger partial charge in [-0.25, -0.2) is 0 Å². The molecule has 1 aromatic heterocycles. The van der Waals surface area contributed by atoms with Gasteiger partial charge in [0, 0.05) is 22.2 Å². The fraction of sp³-hybridized carbons (Fsp3) is 0.0833. The number of anilines is 2. The van der Waals surface area contributed by atoms with Gasteiger partial charge in [0.05, 0.1) is 11.4 Å². The number of benzene rings is 1. The summed E-state index contributed by atoms with van der Waals surface area (Å²) < 4.78 is 3.31. The topological polar surface area (TPSA) is 60.0 Å². The van der Waals surface area contributed by atoms with Crippen molar-refractivity contribution in [1.82, 2.24) is 4.57 Å². The number of rotatable bonds is 2. The Hall–Kier alpha value is -1.27. The molecule has 0 bridgehead atoms. The average Bonchev–Trinajstić information content (AvgIpc) is 2.63. The van der Waals surface area contributed by atoms with Crippen molar-refractivity contribution in [2.45, 2.75) is 0 Å². The number of carbonyl (C=O) groups is 1. The third-order valence-electron chi connectivity index (χ3n) is 2.46. The Morgan fingerprint density at radius 2 is 1.94 bits per heavy atom. The standard InChI is InChI=1S/C12H11Br2N3O/c1-17-6-7(15)5-10(17)12(18)16-11-8(13)3-2-4-9(11)14/h2-6H,15H2,1H3,(H,16,18). The van der Waals surface area contributed by atoms with Gasteiger partial charge in [-0.1, -0.05) is 6.07 Å². The number of hydrogen-bond donors (Lipinski definition) is 2. The van der Waals surface area contributed by atoms with Crippen LogP contribution in [0, 0.1) is 0 Å². The number of para-hydroxylation sites is 1. The molecule has 0 spiro atoms. The van der Waals surface area contributed by atoms with Crippen molar-refractivity contribution in [2.75, 3.05) is 11.1 Å². The lowest BCUT2D eigenvalue weighted by Gasteiger charge is -2.09. The first kappa shape index (κ1) is 13.2. The zero-order valence-corrected chi connectivity index (χ0v) is 12.7. The normalized spacial score (nSPS) is 10.4. The summed E-state index contributed by atoms with van der Waals surface area (Å²) in [7, 11) is 1.78. The average molecular weight is 373 g/mol. The highest BCUT2D eigenvalue weighted by Gasteiger charge is 2.14. The molecule has 0 radical (unpaired) electrons. The quantitative estimate of drug-likeness (QED) is 0.848. The minimum Gasteiger partial charge on any atom is -0.397 e. The molecule has 0 unspecified atom stereocenters. The smallest absolute Gasteiger partial charge is 0.272 e. The van der Waals surface area contributed by atoms with Crippen LogP contribution in [0.2, 0.25) is 0 Å². The molecular formula is C12H11Br2N3O. The summed E-state index contributed by atoms with van der Waals surface area (Å²) >= 11 is 6.79. The van der Waals surface area contributed by atoms with Crippen LogP contribution in [0.4, 0.5) is 11.4 Å². The van der Waals surface area contributed by atoms with Crippen molar-refractivity contribution < 1.29 is 4.79 Å². The van der Waals surface area contributed by atoms with Gasteiger partial charge in [-0.05, 0) is 50.1 Å². The van der Waals surface area contributed by atoms with E-state index in [1.807, 2.05) is 18.2 Å². The largest absolute Gasteiger partial charge is 0.397 e. The Morgan fingerprint density at radius 3 is 2.44 bits per heavy atom. The van der Waals surface area contributed by atoms with Crippen LogP contribution in [0.5, 0.6) is 0 Å². The number of nitrogens with one attached hydrogen (secondary N) is 1. The van der Waals surface area contributed by atoms with E-state index < -0.39 is 0 Å². The summed E-state index contributed by atoms with van der Waals surface area (Å²) in [5.74, 6) is -0.207. The van der Waals surface area contributed by atoms with Crippen LogP contribution in [0.25, 0.3) is 0 Å². The van der Waals surface area contributed by atoms with Crippen molar-refractivity contribution in [1.29, 1.82) is 0 Å². The van der Waals surface area contributed by atoms with Gasteiger partial charge in [-0.15, -0.1) is 0 Å². The van der Waals surface area contributed by atoms with E-state index in [0.29, 0.717) is 17.1 Å². The van der Waals surface area contributed by atoms with Crippen LogP contribution in [0.3, 0.4) is 0 Å². The maximum atomic E-state index is 12.1. The maximum Gasteiger partial charge on any atom is 0.272 e. The number of nitrogen functional groups attached to an aromatic ring is 1. The van der Waals surface area contributed by atoms with E-state index in [-0.39, 0.29) is 5.91 Å². The highest BCUT2D eigenvalue weighted by molar-refractivity contribution is 9.11. The van der Waals surface area contributed by atoms with E-state index in [1.165, 1.54) is 0 Å². The molecule has 2 rings (SSSR count). The molecule has 18 heavy (non-hydrogen) atoms. The van der Waals surface area contributed by atoms with Crippen LogP contribution >= 0.6 is 31.9 Å². The molecule has 4 nitrogen and oxygen atoms in total. The number of nitrogens with zero attached hydrogens (tertiary/aromatic N) is 1. The van der Waals surface area contributed by atoms with E-state index in [9.17, 15) is 4.79 Å². The van der Waals surface area contributed by atoms with Gasteiger partial charge >= 0.3 is 0 Å². The first-order chi connectivity index (χ1) is 8.49. The van der Waals surface area contributed by atoms with Crippen molar-refractivity contribution in [3.8, 4) is 0 Å². The Labute approximate surface area is 121 Å². The van der Waals surface area contributed by atoms with Crippen LogP contribution in [-0.4, -0.2) is 10.5 Å². The lowest BCUT2D eigenvalue weighted by molar-refractivity contribution is 0.101. The minimum absolute atomic E-state index is 0.207. The SMILES string of the molecule is Cn1cc(N)cc1C(=O)Nc1c(Br)cccc1Br. The van der Waals surface area contributed by atoms with Gasteiger partial charge in [0.15, 0.2) is 0 Å². The van der Waals surface area contributed by atoms with E-state index in [2.05, 4.69) is 37.2 Å². The van der Waals surface area contributed by atoms with Gasteiger partial charge in [0.25, 0.3) is 5.91 Å². The predicted molar refractivity (Wildman–Crippen MR) is 79.6 cm³/mol. The first-order valence-corrected chi connectivity index (χ1v) is 6.75. The zero-order chi connectivity index (χ0) is 13.3. The molecule has 0 atom stereocenters. The van der Waals surface area contributed by atoms with E-state index in [1.54, 1.807) is 23.9 Å². The van der Waals surface area contributed by atoms with E-state index in [0.717, 1.165) is 8.95 Å². The zero-order valence-electron chi connectivity index (χ0n) is 9.58. The Morgan fingerprint density at radius 1 is 1.33 bits per heavy atom. The molecule has 2 aromatic rings. The number of aromatic nitrogens is 1. The molecule has 0 aliphatic carbocycles. The van der Waals surface area contributed by atoms with Crippen LogP contribution < -0.4 is 11.1 Å². The second-order valence-electron chi connectivity index (χ2n) is 3.82. The fourth-order valence-corrected chi connectivity index (χ4v) is 2.81. The summed E-state index contributed by atoms with van der Waals surface area (Å²) in [4.78, 5) is 12.1. The third-order valence-corrected chi connectivity index (χ3v) is 3.78. The second-order valence-corrected chi connectivity index (χ2v) is 5.53. The molecule has 94 valence electrons. The Bertz CT molecular complexity index is 587. The number of nitrogens with two attached hydrogens (primary N) is 1. The molecule has 6 heteroatoms. The Kier molecular flexibility index (Phi) is 3.77. The van der Waals surface area contributed by atoms with Crippen LogP contribution in [-0.2, 0) is 7.05 Å². The molecule has 0 saturated heterocycles. The van der Waals surface area contributed by atoms with Gasteiger partial charge in [0.1, 0.15) is 5.69 Å². The first-order valence-electron chi connectivity index (χ1n) is 5.16. The number of carbonyl (C=O) groups excluding carboxylic acids is 1. The fourth-order valence-electron chi connectivity index (χ4n) is 1.61. The summed E-state index contributed by atoms with van der Waals surface area (Å²) in [6.07, 6.45) is 1.70. The lowest BCUT2D eigenvalue weighted by atomic mass is 10.3.